The second-order valence-corrected chi connectivity index (χ2v) is 15.9. The van der Waals surface area contributed by atoms with E-state index in [9.17, 15) is 0 Å². The van der Waals surface area contributed by atoms with Crippen molar-refractivity contribution in [2.75, 3.05) is 0 Å². The molecule has 0 bridgehead atoms. The normalized spacial score (nSPS) is 14.8. The Bertz CT molecular complexity index is 3480. The van der Waals surface area contributed by atoms with Gasteiger partial charge in [-0.3, -0.25) is 0 Å². The first-order valence-corrected chi connectivity index (χ1v) is 20.0. The molecule has 3 aliphatic rings. The third kappa shape index (κ3) is 4.12. The summed E-state index contributed by atoms with van der Waals surface area (Å²) in [7, 11) is 0. The minimum Gasteiger partial charge on any atom is -0.0619 e. The van der Waals surface area contributed by atoms with Gasteiger partial charge >= 0.3 is 0 Å². The van der Waals surface area contributed by atoms with E-state index in [4.69, 9.17) is 0 Å². The lowest BCUT2D eigenvalue weighted by molar-refractivity contribution is 0.863. The number of rotatable bonds is 2. The van der Waals surface area contributed by atoms with Gasteiger partial charge < -0.3 is 0 Å². The summed E-state index contributed by atoms with van der Waals surface area (Å²) >= 11 is 0. The summed E-state index contributed by atoms with van der Waals surface area (Å²) in [5.74, 6) is 0. The Hall–Kier alpha value is -7.28. The van der Waals surface area contributed by atoms with Crippen LogP contribution in [0.5, 0.6) is 0 Å². The van der Waals surface area contributed by atoms with Crippen LogP contribution in [-0.4, -0.2) is 0 Å². The number of allylic oxidation sites excluding steroid dienone is 4. The summed E-state index contributed by atoms with van der Waals surface area (Å²) in [4.78, 5) is 0. The highest BCUT2D eigenvalue weighted by atomic mass is 14.5. The van der Waals surface area contributed by atoms with Gasteiger partial charge in [-0.1, -0.05) is 176 Å². The standard InChI is InChI=1S/C57H34/c1-5-19-41-35(15-1)29-36-16-2-6-20-42(36)54(41)40-31-39-32-49-45-23-9-10-24-46(45)50(55-43-21-7-3-17-37(43)30-38-18-4-8-22-44(38)55)33-51(49)56(39)57(34-40)52-27-13-11-25-47(52)48-26-12-14-28-53(48)57/h1-34H. The Morgan fingerprint density at radius 1 is 0.316 bits per heavy atom. The van der Waals surface area contributed by atoms with E-state index in [0.29, 0.717) is 0 Å². The molecule has 0 heteroatoms. The van der Waals surface area contributed by atoms with Gasteiger partial charge in [-0.2, -0.15) is 0 Å². The monoisotopic (exact) mass is 718 g/mol. The van der Waals surface area contributed by atoms with Gasteiger partial charge in [0, 0.05) is 0 Å². The summed E-state index contributed by atoms with van der Waals surface area (Å²) in [6.07, 6.45) is 7.64. The largest absolute Gasteiger partial charge is 0.0665 e. The smallest absolute Gasteiger partial charge is 0.0619 e. The van der Waals surface area contributed by atoms with Gasteiger partial charge in [0.15, 0.2) is 0 Å². The van der Waals surface area contributed by atoms with E-state index in [1.807, 2.05) is 0 Å². The molecule has 10 aromatic carbocycles. The SMILES string of the molecule is C1=C2C=c3c(cc(-c4c5ccccc5cc5ccccc45)c4ccccc34)=C2C2(C=C1c1c3ccccc3cc3ccccc13)c1ccccc1-c1ccccc12. The first-order valence-electron chi connectivity index (χ1n) is 20.0. The second-order valence-electron chi connectivity index (χ2n) is 15.9. The number of hydrogen-bond acceptors (Lipinski definition) is 0. The van der Waals surface area contributed by atoms with Crippen molar-refractivity contribution in [3.05, 3.63) is 233 Å². The topological polar surface area (TPSA) is 0 Å². The molecule has 0 atom stereocenters. The number of hydrogen-bond donors (Lipinski definition) is 0. The van der Waals surface area contributed by atoms with E-state index in [-0.39, 0.29) is 0 Å². The van der Waals surface area contributed by atoms with Crippen LogP contribution < -0.4 is 10.4 Å². The molecule has 0 heterocycles. The molecule has 0 nitrogen and oxygen atoms in total. The van der Waals surface area contributed by atoms with Gasteiger partial charge in [0.25, 0.3) is 0 Å². The van der Waals surface area contributed by atoms with E-state index in [0.717, 1.165) is 0 Å². The third-order valence-corrected chi connectivity index (χ3v) is 13.1. The van der Waals surface area contributed by atoms with E-state index >= 15 is 0 Å². The van der Waals surface area contributed by atoms with Crippen LogP contribution >= 0.6 is 0 Å². The van der Waals surface area contributed by atoms with E-state index in [2.05, 4.69) is 206 Å². The highest BCUT2D eigenvalue weighted by Gasteiger charge is 2.48. The molecule has 13 rings (SSSR count). The van der Waals surface area contributed by atoms with Crippen molar-refractivity contribution in [3.63, 3.8) is 0 Å². The van der Waals surface area contributed by atoms with Crippen LogP contribution in [0.4, 0.5) is 0 Å². The van der Waals surface area contributed by atoms with Gasteiger partial charge in [-0.05, 0) is 150 Å². The molecule has 0 aromatic heterocycles. The van der Waals surface area contributed by atoms with Gasteiger partial charge in [0.05, 0.1) is 5.41 Å². The Morgan fingerprint density at radius 2 is 0.754 bits per heavy atom. The van der Waals surface area contributed by atoms with E-state index < -0.39 is 5.41 Å². The minimum atomic E-state index is -0.521. The van der Waals surface area contributed by atoms with Gasteiger partial charge in [0.2, 0.25) is 0 Å². The zero-order chi connectivity index (χ0) is 37.2. The molecule has 0 radical (unpaired) electrons. The lowest BCUT2D eigenvalue weighted by Gasteiger charge is -2.36. The first-order chi connectivity index (χ1) is 28.3. The summed E-state index contributed by atoms with van der Waals surface area (Å²) in [6.45, 7) is 0. The van der Waals surface area contributed by atoms with Crippen LogP contribution in [0.2, 0.25) is 0 Å². The molecule has 262 valence electrons. The van der Waals surface area contributed by atoms with Crippen molar-refractivity contribution in [2.45, 2.75) is 5.41 Å². The summed E-state index contributed by atoms with van der Waals surface area (Å²) in [6, 6.07) is 70.3. The van der Waals surface area contributed by atoms with E-state index in [1.54, 1.807) is 0 Å². The maximum atomic E-state index is 2.63. The molecule has 3 aliphatic carbocycles. The Kier molecular flexibility index (Phi) is 6.19. The number of benzene rings is 10. The quantitative estimate of drug-likeness (QED) is 0.156. The van der Waals surface area contributed by atoms with Crippen molar-refractivity contribution < 1.29 is 0 Å². The zero-order valence-corrected chi connectivity index (χ0v) is 31.1. The van der Waals surface area contributed by atoms with Crippen molar-refractivity contribution in [3.8, 4) is 22.3 Å². The van der Waals surface area contributed by atoms with Gasteiger partial charge in [-0.25, -0.2) is 0 Å². The van der Waals surface area contributed by atoms with Crippen LogP contribution in [-0.2, 0) is 5.41 Å². The second kappa shape index (κ2) is 11.4. The van der Waals surface area contributed by atoms with E-state index in [1.165, 1.54) is 120 Å². The van der Waals surface area contributed by atoms with Crippen molar-refractivity contribution in [2.24, 2.45) is 0 Å². The molecule has 0 saturated carbocycles. The lowest BCUT2D eigenvalue weighted by Crippen LogP contribution is -2.34. The van der Waals surface area contributed by atoms with Crippen LogP contribution in [0, 0.1) is 0 Å². The predicted molar refractivity (Wildman–Crippen MR) is 242 cm³/mol. The molecule has 0 aliphatic heterocycles. The fourth-order valence-corrected chi connectivity index (χ4v) is 10.9. The maximum Gasteiger partial charge on any atom is 0.0665 e. The highest BCUT2D eigenvalue weighted by molar-refractivity contribution is 6.19. The third-order valence-electron chi connectivity index (χ3n) is 13.1. The molecule has 0 fully saturated rings. The average Bonchev–Trinajstić information content (AvgIpc) is 3.78. The number of fused-ring (bicyclic) bond motifs is 14. The molecule has 57 heavy (non-hydrogen) atoms. The Morgan fingerprint density at radius 3 is 1.30 bits per heavy atom. The van der Waals surface area contributed by atoms with Crippen molar-refractivity contribution >= 4 is 71.1 Å². The predicted octanol–water partition coefficient (Wildman–Crippen LogP) is 13.1. The molecule has 0 amide bonds. The van der Waals surface area contributed by atoms with Crippen LogP contribution in [0.1, 0.15) is 16.7 Å². The van der Waals surface area contributed by atoms with Gasteiger partial charge in [0.1, 0.15) is 0 Å². The lowest BCUT2D eigenvalue weighted by atomic mass is 9.65. The summed E-state index contributed by atoms with van der Waals surface area (Å²) in [5.41, 5.74) is 12.6. The molecule has 0 saturated heterocycles. The van der Waals surface area contributed by atoms with Crippen LogP contribution in [0.3, 0.4) is 0 Å². The average molecular weight is 719 g/mol. The van der Waals surface area contributed by atoms with Gasteiger partial charge in [-0.15, -0.1) is 0 Å². The Labute approximate surface area is 330 Å². The first kappa shape index (κ1) is 31.0. The Balaban J connectivity index is 1.23. The fraction of sp³-hybridized carbons (Fsp3) is 0.0175. The molecule has 10 aromatic rings. The summed E-state index contributed by atoms with van der Waals surface area (Å²) in [5, 5.41) is 15.4. The summed E-state index contributed by atoms with van der Waals surface area (Å²) < 4.78 is 0. The molecule has 0 unspecified atom stereocenters. The molecule has 1 spiro atoms. The van der Waals surface area contributed by atoms with Crippen LogP contribution in [0.25, 0.3) is 93.3 Å². The zero-order valence-electron chi connectivity index (χ0n) is 31.1. The fourth-order valence-electron chi connectivity index (χ4n) is 10.9. The molecular formula is C57H34. The highest BCUT2D eigenvalue weighted by Crippen LogP contribution is 2.59. The molecular weight excluding hydrogens is 685 g/mol. The maximum absolute atomic E-state index is 2.63. The van der Waals surface area contributed by atoms with Crippen LogP contribution in [0.15, 0.2) is 206 Å². The van der Waals surface area contributed by atoms with Crippen molar-refractivity contribution in [1.82, 2.24) is 0 Å². The minimum absolute atomic E-state index is 0.521. The molecule has 0 N–H and O–H groups in total. The van der Waals surface area contributed by atoms with Crippen molar-refractivity contribution in [1.29, 1.82) is 0 Å².